The van der Waals surface area contributed by atoms with E-state index in [0.29, 0.717) is 10.9 Å². The Morgan fingerprint density at radius 1 is 1.14 bits per heavy atom. The number of nitrogens with zero attached hydrogens (tertiary/aromatic N) is 1. The lowest BCUT2D eigenvalue weighted by Gasteiger charge is -2.14. The molecule has 106 valence electrons. The Hall–Kier alpha value is -2.11. The number of nitrogens with two attached hydrogens (primary N) is 1. The van der Waals surface area contributed by atoms with Crippen molar-refractivity contribution in [2.24, 2.45) is 5.73 Å². The van der Waals surface area contributed by atoms with Gasteiger partial charge in [-0.1, -0.05) is 54.2 Å². The van der Waals surface area contributed by atoms with Crippen molar-refractivity contribution < 1.29 is 0 Å². The van der Waals surface area contributed by atoms with Crippen LogP contribution in [0.1, 0.15) is 11.6 Å². The zero-order chi connectivity index (χ0) is 14.7. The molecule has 1 unspecified atom stereocenters. The van der Waals surface area contributed by atoms with Crippen molar-refractivity contribution in [2.45, 2.75) is 11.2 Å². The molecule has 2 aromatic carbocycles. The molecular formula is C16H15N3OS. The molecule has 0 aliphatic carbocycles. The van der Waals surface area contributed by atoms with E-state index in [1.54, 1.807) is 0 Å². The van der Waals surface area contributed by atoms with Gasteiger partial charge >= 0.3 is 0 Å². The third kappa shape index (κ3) is 3.15. The minimum atomic E-state index is -0.147. The van der Waals surface area contributed by atoms with E-state index >= 15 is 0 Å². The Morgan fingerprint density at radius 3 is 2.81 bits per heavy atom. The molecule has 0 saturated heterocycles. The third-order valence-corrected chi connectivity index (χ3v) is 4.28. The predicted octanol–water partition coefficient (Wildman–Crippen LogP) is 2.72. The molecule has 0 spiro atoms. The first-order chi connectivity index (χ1) is 10.2. The monoisotopic (exact) mass is 297 g/mol. The fourth-order valence-corrected chi connectivity index (χ4v) is 3.08. The summed E-state index contributed by atoms with van der Waals surface area (Å²) in [6.07, 6.45) is 1.50. The SMILES string of the molecule is NC(CSc1nccc(=O)[nH]1)c1cccc2ccccc12. The number of H-pyrrole nitrogens is 1. The van der Waals surface area contributed by atoms with Crippen LogP contribution in [-0.2, 0) is 0 Å². The standard InChI is InChI=1S/C16H15N3OS/c17-14(10-21-16-18-9-8-15(20)19-16)13-7-3-5-11-4-1-2-6-12(11)13/h1-9,14H,10,17H2,(H,18,19,20). The number of hydrogen-bond acceptors (Lipinski definition) is 4. The molecule has 0 bridgehead atoms. The lowest BCUT2D eigenvalue weighted by Crippen LogP contribution is -2.14. The van der Waals surface area contributed by atoms with Crippen LogP contribution in [0.15, 0.2) is 64.7 Å². The van der Waals surface area contributed by atoms with Crippen LogP contribution in [0.25, 0.3) is 10.8 Å². The molecule has 3 aromatic rings. The molecule has 0 radical (unpaired) electrons. The first-order valence-corrected chi connectivity index (χ1v) is 7.64. The van der Waals surface area contributed by atoms with Gasteiger partial charge in [-0.25, -0.2) is 4.98 Å². The van der Waals surface area contributed by atoms with Gasteiger partial charge in [0.2, 0.25) is 0 Å². The predicted molar refractivity (Wildman–Crippen MR) is 86.5 cm³/mol. The van der Waals surface area contributed by atoms with Crippen molar-refractivity contribution in [2.75, 3.05) is 5.75 Å². The number of rotatable bonds is 4. The molecule has 21 heavy (non-hydrogen) atoms. The van der Waals surface area contributed by atoms with Gasteiger partial charge in [0, 0.05) is 24.1 Å². The van der Waals surface area contributed by atoms with E-state index in [1.807, 2.05) is 18.2 Å². The highest BCUT2D eigenvalue weighted by Gasteiger charge is 2.10. The summed E-state index contributed by atoms with van der Waals surface area (Å²) in [5.41, 5.74) is 7.27. The summed E-state index contributed by atoms with van der Waals surface area (Å²) in [5, 5.41) is 2.95. The van der Waals surface area contributed by atoms with Gasteiger partial charge in [-0.15, -0.1) is 0 Å². The van der Waals surface area contributed by atoms with Crippen LogP contribution in [0.3, 0.4) is 0 Å². The van der Waals surface area contributed by atoms with Gasteiger partial charge < -0.3 is 10.7 Å². The molecule has 1 atom stereocenters. The topological polar surface area (TPSA) is 71.8 Å². The van der Waals surface area contributed by atoms with Crippen LogP contribution in [0.2, 0.25) is 0 Å². The van der Waals surface area contributed by atoms with Crippen molar-refractivity contribution in [3.05, 3.63) is 70.6 Å². The molecule has 3 N–H and O–H groups in total. The second-order valence-corrected chi connectivity index (χ2v) is 5.73. The van der Waals surface area contributed by atoms with Crippen molar-refractivity contribution in [1.29, 1.82) is 0 Å². The van der Waals surface area contributed by atoms with E-state index in [-0.39, 0.29) is 11.6 Å². The maximum Gasteiger partial charge on any atom is 0.251 e. The van der Waals surface area contributed by atoms with Gasteiger partial charge in [0.15, 0.2) is 5.16 Å². The lowest BCUT2D eigenvalue weighted by molar-refractivity contribution is 0.833. The summed E-state index contributed by atoms with van der Waals surface area (Å²) in [6.45, 7) is 0. The number of aromatic amines is 1. The van der Waals surface area contributed by atoms with E-state index < -0.39 is 0 Å². The Morgan fingerprint density at radius 2 is 1.95 bits per heavy atom. The van der Waals surface area contributed by atoms with Gasteiger partial charge in [0.05, 0.1) is 0 Å². The summed E-state index contributed by atoms with van der Waals surface area (Å²) in [7, 11) is 0. The van der Waals surface area contributed by atoms with E-state index in [1.165, 1.54) is 34.8 Å². The minimum absolute atomic E-state index is 0.119. The summed E-state index contributed by atoms with van der Waals surface area (Å²) >= 11 is 1.45. The van der Waals surface area contributed by atoms with Gasteiger partial charge in [0.1, 0.15) is 0 Å². The number of nitrogens with one attached hydrogen (secondary N) is 1. The van der Waals surface area contributed by atoms with Crippen molar-refractivity contribution >= 4 is 22.5 Å². The molecule has 3 rings (SSSR count). The second kappa shape index (κ2) is 6.11. The van der Waals surface area contributed by atoms with Crippen LogP contribution in [0.5, 0.6) is 0 Å². The normalized spacial score (nSPS) is 12.4. The molecule has 0 fully saturated rings. The van der Waals surface area contributed by atoms with E-state index in [4.69, 9.17) is 5.73 Å². The van der Waals surface area contributed by atoms with Crippen LogP contribution in [0, 0.1) is 0 Å². The average Bonchev–Trinajstić information content (AvgIpc) is 2.52. The Balaban J connectivity index is 1.81. The molecule has 0 saturated carbocycles. The molecular weight excluding hydrogens is 282 g/mol. The van der Waals surface area contributed by atoms with E-state index in [9.17, 15) is 4.79 Å². The second-order valence-electron chi connectivity index (χ2n) is 4.73. The Labute approximate surface area is 126 Å². The number of fused-ring (bicyclic) bond motifs is 1. The number of benzene rings is 2. The van der Waals surface area contributed by atoms with Gasteiger partial charge in [-0.05, 0) is 16.3 Å². The highest BCUT2D eigenvalue weighted by molar-refractivity contribution is 7.99. The number of aromatic nitrogens is 2. The van der Waals surface area contributed by atoms with Crippen molar-refractivity contribution in [3.63, 3.8) is 0 Å². The minimum Gasteiger partial charge on any atom is -0.323 e. The van der Waals surface area contributed by atoms with Crippen LogP contribution >= 0.6 is 11.8 Å². The van der Waals surface area contributed by atoms with Crippen LogP contribution < -0.4 is 11.3 Å². The zero-order valence-electron chi connectivity index (χ0n) is 11.3. The quantitative estimate of drug-likeness (QED) is 0.574. The summed E-state index contributed by atoms with van der Waals surface area (Å²) in [6, 6.07) is 15.6. The van der Waals surface area contributed by atoms with Gasteiger partial charge in [-0.3, -0.25) is 4.79 Å². The Kier molecular flexibility index (Phi) is 4.03. The highest BCUT2D eigenvalue weighted by atomic mass is 32.2. The molecule has 4 nitrogen and oxygen atoms in total. The molecule has 0 amide bonds. The third-order valence-electron chi connectivity index (χ3n) is 3.27. The first kappa shape index (κ1) is 13.9. The van der Waals surface area contributed by atoms with E-state index in [2.05, 4.69) is 34.2 Å². The highest BCUT2D eigenvalue weighted by Crippen LogP contribution is 2.26. The van der Waals surface area contributed by atoms with Crippen LogP contribution in [-0.4, -0.2) is 15.7 Å². The zero-order valence-corrected chi connectivity index (χ0v) is 12.1. The summed E-state index contributed by atoms with van der Waals surface area (Å²) < 4.78 is 0. The van der Waals surface area contributed by atoms with Gasteiger partial charge in [0.25, 0.3) is 5.56 Å². The molecule has 0 aliphatic heterocycles. The number of thioether (sulfide) groups is 1. The van der Waals surface area contributed by atoms with Crippen molar-refractivity contribution in [1.82, 2.24) is 9.97 Å². The number of hydrogen-bond donors (Lipinski definition) is 2. The summed E-state index contributed by atoms with van der Waals surface area (Å²) in [4.78, 5) is 18.1. The maximum atomic E-state index is 11.2. The van der Waals surface area contributed by atoms with Crippen LogP contribution in [0.4, 0.5) is 0 Å². The fourth-order valence-electron chi connectivity index (χ4n) is 2.26. The lowest BCUT2D eigenvalue weighted by atomic mass is 10.0. The van der Waals surface area contributed by atoms with Gasteiger partial charge in [-0.2, -0.15) is 0 Å². The molecule has 5 heteroatoms. The fraction of sp³-hybridized carbons (Fsp3) is 0.125. The smallest absolute Gasteiger partial charge is 0.251 e. The molecule has 0 aliphatic rings. The molecule has 1 aromatic heterocycles. The van der Waals surface area contributed by atoms with Crippen molar-refractivity contribution in [3.8, 4) is 0 Å². The summed E-state index contributed by atoms with van der Waals surface area (Å²) in [5.74, 6) is 0.654. The van der Waals surface area contributed by atoms with E-state index in [0.717, 1.165) is 5.56 Å². The largest absolute Gasteiger partial charge is 0.323 e. The average molecular weight is 297 g/mol. The first-order valence-electron chi connectivity index (χ1n) is 6.65. The maximum absolute atomic E-state index is 11.2. The Bertz CT molecular complexity index is 810. The molecule has 1 heterocycles.